The number of morpholine rings is 1. The van der Waals surface area contributed by atoms with Crippen molar-refractivity contribution < 1.29 is 14.2 Å². The molecule has 1 aromatic heterocycles. The van der Waals surface area contributed by atoms with Gasteiger partial charge in [0, 0.05) is 25.9 Å². The summed E-state index contributed by atoms with van der Waals surface area (Å²) in [6.07, 6.45) is 1.77. The van der Waals surface area contributed by atoms with Crippen molar-refractivity contribution in [3.05, 3.63) is 5.28 Å². The van der Waals surface area contributed by atoms with Crippen molar-refractivity contribution in [3.63, 3.8) is 0 Å². The number of aromatic nitrogens is 3. The molecular formula is C12H17ClN4O3. The molecular weight excluding hydrogens is 284 g/mol. The molecule has 0 bridgehead atoms. The van der Waals surface area contributed by atoms with Gasteiger partial charge in [-0.15, -0.1) is 0 Å². The lowest BCUT2D eigenvalue weighted by Crippen LogP contribution is -2.37. The Labute approximate surface area is 122 Å². The monoisotopic (exact) mass is 300 g/mol. The summed E-state index contributed by atoms with van der Waals surface area (Å²) in [4.78, 5) is 14.6. The van der Waals surface area contributed by atoms with Gasteiger partial charge >= 0.3 is 6.01 Å². The number of nitrogens with zero attached hydrogens (tertiary/aromatic N) is 4. The van der Waals surface area contributed by atoms with Crippen LogP contribution in [0.2, 0.25) is 5.28 Å². The first kappa shape index (κ1) is 13.8. The van der Waals surface area contributed by atoms with Crippen LogP contribution in [0.5, 0.6) is 6.01 Å². The summed E-state index contributed by atoms with van der Waals surface area (Å²) < 4.78 is 16.4. The summed E-state index contributed by atoms with van der Waals surface area (Å²) in [6.45, 7) is 4.24. The molecule has 0 aliphatic carbocycles. The number of hydrogen-bond acceptors (Lipinski definition) is 7. The first-order valence-corrected chi connectivity index (χ1v) is 7.18. The van der Waals surface area contributed by atoms with Gasteiger partial charge in [-0.25, -0.2) is 0 Å². The molecule has 0 atom stereocenters. The van der Waals surface area contributed by atoms with Gasteiger partial charge in [-0.2, -0.15) is 15.0 Å². The van der Waals surface area contributed by atoms with Crippen LogP contribution in [-0.4, -0.2) is 60.6 Å². The normalized spacial score (nSPS) is 20.9. The lowest BCUT2D eigenvalue weighted by molar-refractivity contribution is 0.0216. The number of anilines is 1. The molecule has 7 nitrogen and oxygen atoms in total. The molecule has 2 aliphatic rings. The maximum Gasteiger partial charge on any atom is 0.322 e. The summed E-state index contributed by atoms with van der Waals surface area (Å²) >= 11 is 5.96. The minimum Gasteiger partial charge on any atom is -0.460 e. The van der Waals surface area contributed by atoms with Gasteiger partial charge < -0.3 is 19.1 Å². The van der Waals surface area contributed by atoms with E-state index in [9.17, 15) is 0 Å². The van der Waals surface area contributed by atoms with Crippen LogP contribution in [0, 0.1) is 0 Å². The van der Waals surface area contributed by atoms with Crippen LogP contribution in [0.3, 0.4) is 0 Å². The zero-order valence-electron chi connectivity index (χ0n) is 11.1. The van der Waals surface area contributed by atoms with Crippen molar-refractivity contribution in [2.45, 2.75) is 18.9 Å². The number of halogens is 1. The van der Waals surface area contributed by atoms with Gasteiger partial charge in [-0.3, -0.25) is 0 Å². The van der Waals surface area contributed by atoms with E-state index in [2.05, 4.69) is 15.0 Å². The molecule has 2 fully saturated rings. The second kappa shape index (κ2) is 6.51. The summed E-state index contributed by atoms with van der Waals surface area (Å²) in [7, 11) is 0. The SMILES string of the molecule is Clc1nc(OC2CCOCC2)nc(N2CCOCC2)n1. The average Bonchev–Trinajstić information content (AvgIpc) is 2.49. The highest BCUT2D eigenvalue weighted by Crippen LogP contribution is 2.19. The zero-order valence-corrected chi connectivity index (χ0v) is 11.9. The Morgan fingerprint density at radius 3 is 2.45 bits per heavy atom. The molecule has 0 saturated carbocycles. The van der Waals surface area contributed by atoms with Crippen molar-refractivity contribution in [3.8, 4) is 6.01 Å². The van der Waals surface area contributed by atoms with Crippen LogP contribution >= 0.6 is 11.6 Å². The van der Waals surface area contributed by atoms with Crippen LogP contribution in [-0.2, 0) is 9.47 Å². The van der Waals surface area contributed by atoms with E-state index in [0.717, 1.165) is 25.9 Å². The molecule has 0 amide bonds. The van der Waals surface area contributed by atoms with E-state index in [0.29, 0.717) is 38.4 Å². The molecule has 0 N–H and O–H groups in total. The zero-order chi connectivity index (χ0) is 13.8. The first-order chi connectivity index (χ1) is 9.81. The molecule has 3 heterocycles. The molecule has 1 aromatic rings. The predicted octanol–water partition coefficient (Wildman–Crippen LogP) is 0.919. The van der Waals surface area contributed by atoms with Crippen molar-refractivity contribution >= 4 is 17.5 Å². The standard InChI is InChI=1S/C12H17ClN4O3/c13-10-14-11(17-3-7-19-8-4-17)16-12(15-10)20-9-1-5-18-6-2-9/h9H,1-8H2. The summed E-state index contributed by atoms with van der Waals surface area (Å²) in [5.74, 6) is 0.551. The van der Waals surface area contributed by atoms with Crippen molar-refractivity contribution in [1.82, 2.24) is 15.0 Å². The lowest BCUT2D eigenvalue weighted by atomic mass is 10.2. The predicted molar refractivity (Wildman–Crippen MR) is 72.3 cm³/mol. The summed E-state index contributed by atoms with van der Waals surface area (Å²) in [6, 6.07) is 0.290. The molecule has 0 spiro atoms. The fourth-order valence-corrected chi connectivity index (χ4v) is 2.37. The Balaban J connectivity index is 1.71. The van der Waals surface area contributed by atoms with Gasteiger partial charge in [0.25, 0.3) is 0 Å². The fraction of sp³-hybridized carbons (Fsp3) is 0.750. The molecule has 2 aliphatic heterocycles. The average molecular weight is 301 g/mol. The highest BCUT2D eigenvalue weighted by atomic mass is 35.5. The van der Waals surface area contributed by atoms with Gasteiger partial charge in [0.2, 0.25) is 11.2 Å². The van der Waals surface area contributed by atoms with Gasteiger partial charge in [0.05, 0.1) is 26.4 Å². The molecule has 110 valence electrons. The fourth-order valence-electron chi connectivity index (χ4n) is 2.22. The van der Waals surface area contributed by atoms with Crippen molar-refractivity contribution in [2.75, 3.05) is 44.4 Å². The summed E-state index contributed by atoms with van der Waals surface area (Å²) in [5, 5.41) is 0.156. The lowest BCUT2D eigenvalue weighted by Gasteiger charge is -2.27. The van der Waals surface area contributed by atoms with E-state index < -0.39 is 0 Å². The number of rotatable bonds is 3. The molecule has 0 radical (unpaired) electrons. The molecule has 2 saturated heterocycles. The third-order valence-corrected chi connectivity index (χ3v) is 3.48. The van der Waals surface area contributed by atoms with Crippen LogP contribution in [0.1, 0.15) is 12.8 Å². The van der Waals surface area contributed by atoms with Gasteiger partial charge in [-0.05, 0) is 11.6 Å². The van der Waals surface area contributed by atoms with Crippen molar-refractivity contribution in [2.24, 2.45) is 0 Å². The largest absolute Gasteiger partial charge is 0.460 e. The van der Waals surface area contributed by atoms with E-state index in [1.165, 1.54) is 0 Å². The minimum absolute atomic E-state index is 0.0831. The molecule has 0 unspecified atom stereocenters. The quantitative estimate of drug-likeness (QED) is 0.822. The third kappa shape index (κ3) is 3.47. The van der Waals surface area contributed by atoms with Gasteiger partial charge in [-0.1, -0.05) is 0 Å². The first-order valence-electron chi connectivity index (χ1n) is 6.80. The second-order valence-corrected chi connectivity index (χ2v) is 5.05. The Bertz CT molecular complexity index is 450. The van der Waals surface area contributed by atoms with Gasteiger partial charge in [0.1, 0.15) is 6.10 Å². The molecule has 8 heteroatoms. The van der Waals surface area contributed by atoms with E-state index in [1.807, 2.05) is 4.90 Å². The Kier molecular flexibility index (Phi) is 4.49. The van der Waals surface area contributed by atoms with E-state index >= 15 is 0 Å². The minimum atomic E-state index is 0.0831. The second-order valence-electron chi connectivity index (χ2n) is 4.72. The Morgan fingerprint density at radius 1 is 1.00 bits per heavy atom. The molecule has 20 heavy (non-hydrogen) atoms. The van der Waals surface area contributed by atoms with Crippen LogP contribution in [0.4, 0.5) is 5.95 Å². The van der Waals surface area contributed by atoms with Crippen LogP contribution in [0.15, 0.2) is 0 Å². The van der Waals surface area contributed by atoms with Crippen LogP contribution in [0.25, 0.3) is 0 Å². The maximum absolute atomic E-state index is 5.96. The van der Waals surface area contributed by atoms with Crippen LogP contribution < -0.4 is 9.64 Å². The van der Waals surface area contributed by atoms with E-state index in [4.69, 9.17) is 25.8 Å². The molecule has 3 rings (SSSR count). The topological polar surface area (TPSA) is 69.6 Å². The highest BCUT2D eigenvalue weighted by molar-refractivity contribution is 6.28. The highest BCUT2D eigenvalue weighted by Gasteiger charge is 2.20. The van der Waals surface area contributed by atoms with Crippen molar-refractivity contribution in [1.29, 1.82) is 0 Å². The third-order valence-electron chi connectivity index (χ3n) is 3.31. The number of hydrogen-bond donors (Lipinski definition) is 0. The van der Waals surface area contributed by atoms with Gasteiger partial charge in [0.15, 0.2) is 0 Å². The Hall–Kier alpha value is -1.18. The van der Waals surface area contributed by atoms with E-state index in [1.54, 1.807) is 0 Å². The van der Waals surface area contributed by atoms with E-state index in [-0.39, 0.29) is 11.4 Å². The summed E-state index contributed by atoms with van der Waals surface area (Å²) in [5.41, 5.74) is 0. The number of ether oxygens (including phenoxy) is 3. The Morgan fingerprint density at radius 2 is 1.70 bits per heavy atom. The smallest absolute Gasteiger partial charge is 0.322 e. The maximum atomic E-state index is 5.96. The molecule has 0 aromatic carbocycles.